The van der Waals surface area contributed by atoms with Crippen LogP contribution in [0.25, 0.3) is 6.08 Å². The van der Waals surface area contributed by atoms with Crippen LogP contribution >= 0.6 is 0 Å². The molecular weight excluding hydrogens is 314 g/mol. The summed E-state index contributed by atoms with van der Waals surface area (Å²) in [5, 5.41) is 0. The minimum absolute atomic E-state index is 0.472. The largest absolute Gasteiger partial charge is 0.497 e. The normalized spacial score (nSPS) is 21.3. The summed E-state index contributed by atoms with van der Waals surface area (Å²) in [7, 11) is 1.62. The van der Waals surface area contributed by atoms with Crippen LogP contribution in [0, 0.1) is 0 Å². The van der Waals surface area contributed by atoms with Crippen molar-refractivity contribution in [1.29, 1.82) is 0 Å². The summed E-state index contributed by atoms with van der Waals surface area (Å²) in [6, 6.07) is 17.5. The first-order chi connectivity index (χ1) is 12.0. The van der Waals surface area contributed by atoms with Crippen LogP contribution in [0.4, 0.5) is 0 Å². The zero-order valence-electron chi connectivity index (χ0n) is 14.6. The summed E-state index contributed by atoms with van der Waals surface area (Å²) >= 11 is 0. The lowest BCUT2D eigenvalue weighted by atomic mass is 9.74. The highest BCUT2D eigenvalue weighted by molar-refractivity contribution is 5.97. The van der Waals surface area contributed by atoms with Crippen molar-refractivity contribution < 1.29 is 14.3 Å². The third-order valence-corrected chi connectivity index (χ3v) is 4.62. The zero-order chi connectivity index (χ0) is 18.0. The van der Waals surface area contributed by atoms with E-state index in [2.05, 4.69) is 0 Å². The van der Waals surface area contributed by atoms with E-state index in [4.69, 9.17) is 15.2 Å². The van der Waals surface area contributed by atoms with Crippen molar-refractivity contribution in [3.8, 4) is 5.75 Å². The lowest BCUT2D eigenvalue weighted by Crippen LogP contribution is -2.32. The SMILES string of the molecule is COc1ccc(C2(C)C(C(N)=O)=C(C)O/C2=C\c2ccccc2)cc1. The first-order valence-corrected chi connectivity index (χ1v) is 8.07. The van der Waals surface area contributed by atoms with Gasteiger partial charge in [0.1, 0.15) is 17.3 Å². The Bertz CT molecular complexity index is 850. The first kappa shape index (κ1) is 16.8. The molecule has 25 heavy (non-hydrogen) atoms. The molecule has 0 fully saturated rings. The minimum atomic E-state index is -0.752. The van der Waals surface area contributed by atoms with E-state index < -0.39 is 11.3 Å². The second kappa shape index (κ2) is 6.48. The van der Waals surface area contributed by atoms with Crippen molar-refractivity contribution in [2.24, 2.45) is 5.73 Å². The van der Waals surface area contributed by atoms with Gasteiger partial charge in [0.25, 0.3) is 0 Å². The van der Waals surface area contributed by atoms with E-state index in [1.807, 2.05) is 67.6 Å². The van der Waals surface area contributed by atoms with Crippen LogP contribution in [0.1, 0.15) is 25.0 Å². The van der Waals surface area contributed by atoms with Crippen LogP contribution < -0.4 is 10.5 Å². The average molecular weight is 335 g/mol. The molecule has 0 radical (unpaired) electrons. The molecule has 0 aromatic heterocycles. The van der Waals surface area contributed by atoms with E-state index in [-0.39, 0.29) is 0 Å². The monoisotopic (exact) mass is 335 g/mol. The van der Waals surface area contributed by atoms with E-state index >= 15 is 0 Å². The molecule has 1 amide bonds. The van der Waals surface area contributed by atoms with Crippen LogP contribution in [0.5, 0.6) is 5.75 Å². The predicted octanol–water partition coefficient (Wildman–Crippen LogP) is 3.78. The number of carbonyl (C=O) groups excluding carboxylic acids is 1. The maximum Gasteiger partial charge on any atom is 0.249 e. The molecule has 3 rings (SSSR count). The Labute approximate surface area is 147 Å². The van der Waals surface area contributed by atoms with Crippen LogP contribution in [-0.2, 0) is 14.9 Å². The topological polar surface area (TPSA) is 61.5 Å². The number of rotatable bonds is 4. The summed E-state index contributed by atoms with van der Waals surface area (Å²) in [6.07, 6.45) is 1.95. The fourth-order valence-corrected chi connectivity index (χ4v) is 3.30. The van der Waals surface area contributed by atoms with E-state index in [0.29, 0.717) is 17.1 Å². The Kier molecular flexibility index (Phi) is 4.36. The highest BCUT2D eigenvalue weighted by Gasteiger charge is 2.46. The number of allylic oxidation sites excluding steroid dienone is 2. The quantitative estimate of drug-likeness (QED) is 0.925. The maximum atomic E-state index is 12.2. The zero-order valence-corrected chi connectivity index (χ0v) is 14.6. The van der Waals surface area contributed by atoms with Crippen LogP contribution in [0.3, 0.4) is 0 Å². The number of benzene rings is 2. The van der Waals surface area contributed by atoms with E-state index in [1.165, 1.54) is 0 Å². The van der Waals surface area contributed by atoms with Crippen molar-refractivity contribution in [3.05, 3.63) is 82.8 Å². The molecule has 0 aliphatic carbocycles. The Hall–Kier alpha value is -3.01. The van der Waals surface area contributed by atoms with Gasteiger partial charge in [-0.15, -0.1) is 0 Å². The molecule has 4 heteroatoms. The number of nitrogens with two attached hydrogens (primary N) is 1. The molecule has 1 heterocycles. The Morgan fingerprint density at radius 3 is 2.32 bits per heavy atom. The van der Waals surface area contributed by atoms with E-state index in [1.54, 1.807) is 14.0 Å². The summed E-state index contributed by atoms with van der Waals surface area (Å²) < 4.78 is 11.2. The Morgan fingerprint density at radius 1 is 1.12 bits per heavy atom. The van der Waals surface area contributed by atoms with Crippen molar-refractivity contribution >= 4 is 12.0 Å². The van der Waals surface area contributed by atoms with E-state index in [0.717, 1.165) is 16.9 Å². The molecule has 0 saturated carbocycles. The minimum Gasteiger partial charge on any atom is -0.497 e. The molecule has 2 N–H and O–H groups in total. The molecule has 2 aromatic carbocycles. The number of methoxy groups -OCH3 is 1. The summed E-state index contributed by atoms with van der Waals surface area (Å²) in [6.45, 7) is 3.73. The van der Waals surface area contributed by atoms with Crippen molar-refractivity contribution in [3.63, 3.8) is 0 Å². The fourth-order valence-electron chi connectivity index (χ4n) is 3.30. The first-order valence-electron chi connectivity index (χ1n) is 8.07. The second-order valence-electron chi connectivity index (χ2n) is 6.17. The van der Waals surface area contributed by atoms with Crippen LogP contribution in [0.15, 0.2) is 71.7 Å². The van der Waals surface area contributed by atoms with Gasteiger partial charge in [0.2, 0.25) is 5.91 Å². The fraction of sp³-hybridized carbons (Fsp3) is 0.190. The maximum absolute atomic E-state index is 12.2. The number of hydrogen-bond donors (Lipinski definition) is 1. The van der Waals surface area contributed by atoms with Gasteiger partial charge in [-0.05, 0) is 43.2 Å². The molecular formula is C21H21NO3. The predicted molar refractivity (Wildman–Crippen MR) is 97.7 cm³/mol. The van der Waals surface area contributed by atoms with Crippen molar-refractivity contribution in [2.45, 2.75) is 19.3 Å². The van der Waals surface area contributed by atoms with Crippen LogP contribution in [-0.4, -0.2) is 13.0 Å². The Morgan fingerprint density at radius 2 is 1.76 bits per heavy atom. The molecule has 4 nitrogen and oxygen atoms in total. The van der Waals surface area contributed by atoms with Gasteiger partial charge in [0.05, 0.1) is 18.1 Å². The molecule has 1 unspecified atom stereocenters. The van der Waals surface area contributed by atoms with Gasteiger partial charge in [-0.1, -0.05) is 42.5 Å². The number of carbonyl (C=O) groups is 1. The highest BCUT2D eigenvalue weighted by Crippen LogP contribution is 2.48. The summed E-state index contributed by atoms with van der Waals surface area (Å²) in [4.78, 5) is 12.2. The highest BCUT2D eigenvalue weighted by atomic mass is 16.5. The molecule has 0 spiro atoms. The van der Waals surface area contributed by atoms with Gasteiger partial charge in [-0.25, -0.2) is 0 Å². The van der Waals surface area contributed by atoms with Gasteiger partial charge < -0.3 is 15.2 Å². The molecule has 1 aliphatic rings. The summed E-state index contributed by atoms with van der Waals surface area (Å²) in [5.41, 5.74) is 7.32. The van der Waals surface area contributed by atoms with Crippen molar-refractivity contribution in [2.75, 3.05) is 7.11 Å². The smallest absolute Gasteiger partial charge is 0.249 e. The van der Waals surface area contributed by atoms with Gasteiger partial charge in [0, 0.05) is 0 Å². The molecule has 0 saturated heterocycles. The number of hydrogen-bond acceptors (Lipinski definition) is 3. The lowest BCUT2D eigenvalue weighted by molar-refractivity contribution is -0.115. The molecule has 1 atom stereocenters. The average Bonchev–Trinajstić information content (AvgIpc) is 2.87. The van der Waals surface area contributed by atoms with E-state index in [9.17, 15) is 4.79 Å². The molecule has 1 aliphatic heterocycles. The summed E-state index contributed by atoms with van der Waals surface area (Å²) in [5.74, 6) is 1.48. The number of primary amides is 1. The van der Waals surface area contributed by atoms with Gasteiger partial charge in [-0.3, -0.25) is 4.79 Å². The van der Waals surface area contributed by atoms with Crippen LogP contribution in [0.2, 0.25) is 0 Å². The molecule has 128 valence electrons. The molecule has 2 aromatic rings. The Balaban J connectivity index is 2.16. The standard InChI is InChI=1S/C21H21NO3/c1-14-19(20(22)23)21(2,16-9-11-17(24-3)12-10-16)18(25-14)13-15-7-5-4-6-8-15/h4-13H,1-3H3,(H2,22,23)/b18-13-. The third kappa shape index (κ3) is 2.91. The lowest BCUT2D eigenvalue weighted by Gasteiger charge is -2.27. The third-order valence-electron chi connectivity index (χ3n) is 4.62. The van der Waals surface area contributed by atoms with Gasteiger partial charge in [0.15, 0.2) is 0 Å². The van der Waals surface area contributed by atoms with Gasteiger partial charge in [-0.2, -0.15) is 0 Å². The van der Waals surface area contributed by atoms with Crippen molar-refractivity contribution in [1.82, 2.24) is 0 Å². The number of amides is 1. The second-order valence-corrected chi connectivity index (χ2v) is 6.17. The molecule has 0 bridgehead atoms. The number of ether oxygens (including phenoxy) is 2. The van der Waals surface area contributed by atoms with Gasteiger partial charge >= 0.3 is 0 Å².